The van der Waals surface area contributed by atoms with Crippen molar-refractivity contribution in [3.05, 3.63) is 134 Å². The maximum absolute atomic E-state index is 4.91. The molecule has 0 radical (unpaired) electrons. The minimum absolute atomic E-state index is 1.06. The van der Waals surface area contributed by atoms with E-state index in [1.807, 2.05) is 28.9 Å². The minimum atomic E-state index is 1.06. The van der Waals surface area contributed by atoms with Gasteiger partial charge in [0.25, 0.3) is 0 Å². The molecule has 0 unspecified atom stereocenters. The van der Waals surface area contributed by atoms with Crippen LogP contribution in [0.2, 0.25) is 0 Å². The average molecular weight is 615 g/mol. The lowest BCUT2D eigenvalue weighted by molar-refractivity contribution is 1.30. The van der Waals surface area contributed by atoms with E-state index in [0.717, 1.165) is 21.9 Å². The van der Waals surface area contributed by atoms with Gasteiger partial charge in [-0.25, -0.2) is 4.98 Å². The lowest BCUT2D eigenvalue weighted by Crippen LogP contribution is -2.10. The van der Waals surface area contributed by atoms with Gasteiger partial charge in [-0.3, -0.25) is 0 Å². The molecule has 4 aromatic heterocycles. The van der Waals surface area contributed by atoms with Crippen LogP contribution in [-0.2, 0) is 0 Å². The maximum Gasteiger partial charge on any atom is 0.126 e. The monoisotopic (exact) mass is 614 g/mol. The molecule has 0 saturated heterocycles. The van der Waals surface area contributed by atoms with Gasteiger partial charge in [0.05, 0.1) is 5.69 Å². The summed E-state index contributed by atoms with van der Waals surface area (Å²) in [6, 6.07) is 46.7. The Morgan fingerprint density at radius 1 is 0.455 bits per heavy atom. The van der Waals surface area contributed by atoms with E-state index in [1.165, 1.54) is 66.6 Å². The molecule has 206 valence electrons. The van der Waals surface area contributed by atoms with E-state index in [4.69, 9.17) is 4.98 Å². The number of pyridine rings is 1. The second-order valence-electron chi connectivity index (χ2n) is 11.2. The summed E-state index contributed by atoms with van der Waals surface area (Å²) in [7, 11) is 0. The average Bonchev–Trinajstić information content (AvgIpc) is 3.76. The van der Waals surface area contributed by atoms with Gasteiger partial charge < -0.3 is 4.90 Å². The van der Waals surface area contributed by atoms with E-state index in [2.05, 4.69) is 132 Å². The molecule has 2 nitrogen and oxygen atoms in total. The molecule has 10 aromatic rings. The summed E-state index contributed by atoms with van der Waals surface area (Å²) in [4.78, 5) is 8.42. The molecule has 4 heterocycles. The fourth-order valence-corrected chi connectivity index (χ4v) is 10.2. The number of hydrogen-bond donors (Lipinski definition) is 0. The van der Waals surface area contributed by atoms with Crippen LogP contribution in [0, 0.1) is 0 Å². The third-order valence-corrected chi connectivity index (χ3v) is 12.2. The molecule has 0 fully saturated rings. The molecule has 0 amide bonds. The molecule has 0 aliphatic carbocycles. The molecule has 0 aliphatic heterocycles. The number of rotatable bonds is 3. The number of benzene rings is 6. The van der Waals surface area contributed by atoms with E-state index in [1.54, 1.807) is 11.3 Å². The molecular weight excluding hydrogens is 593 g/mol. The number of nitrogens with zero attached hydrogens (tertiary/aromatic N) is 2. The van der Waals surface area contributed by atoms with Gasteiger partial charge in [-0.15, -0.1) is 34.0 Å². The summed E-state index contributed by atoms with van der Waals surface area (Å²) < 4.78 is 6.53. The highest BCUT2D eigenvalue weighted by Gasteiger charge is 2.21. The summed E-state index contributed by atoms with van der Waals surface area (Å²) in [5, 5.41) is 10.2. The van der Waals surface area contributed by atoms with Crippen LogP contribution < -0.4 is 4.90 Å². The number of thiophene rings is 3. The molecule has 10 rings (SSSR count). The van der Waals surface area contributed by atoms with Crippen LogP contribution in [0.25, 0.3) is 71.4 Å². The molecule has 6 aromatic carbocycles. The number of aromatic nitrogens is 1. The van der Waals surface area contributed by atoms with Gasteiger partial charge in [0, 0.05) is 73.4 Å². The van der Waals surface area contributed by atoms with Gasteiger partial charge in [0.15, 0.2) is 0 Å². The minimum Gasteiger partial charge on any atom is -0.310 e. The first-order chi connectivity index (χ1) is 21.8. The van der Waals surface area contributed by atoms with Gasteiger partial charge in [0.2, 0.25) is 0 Å². The van der Waals surface area contributed by atoms with Crippen molar-refractivity contribution in [1.29, 1.82) is 0 Å². The lowest BCUT2D eigenvalue weighted by Gasteiger charge is -2.26. The van der Waals surface area contributed by atoms with Crippen LogP contribution in [0.4, 0.5) is 17.1 Å². The summed E-state index contributed by atoms with van der Waals surface area (Å²) in [6.07, 6.45) is 1.97. The molecule has 0 bridgehead atoms. The Morgan fingerprint density at radius 3 is 1.95 bits per heavy atom. The molecule has 44 heavy (non-hydrogen) atoms. The second kappa shape index (κ2) is 9.34. The van der Waals surface area contributed by atoms with Gasteiger partial charge in [0.1, 0.15) is 4.83 Å². The lowest BCUT2D eigenvalue weighted by atomic mass is 10.0. The fourth-order valence-electron chi connectivity index (χ4n) is 6.73. The van der Waals surface area contributed by atoms with Crippen LogP contribution in [-0.4, -0.2) is 4.98 Å². The first kappa shape index (κ1) is 24.6. The maximum atomic E-state index is 4.91. The molecule has 0 saturated carbocycles. The molecular formula is C39H22N2S3. The number of fused-ring (bicyclic) bond motifs is 11. The standard InChI is InChI=1S/C39H22N2S3/c1-2-8-26-23(7-1)13-16-30-37-32(19-20-40-39(37)44-38(26)30)41(24-15-18-35-31(21-24)28-10-4-6-12-34(28)42-35)25-14-17-29-27-9-3-5-11-33(27)43-36(29)22-25/h1-22H. The number of anilines is 3. The highest BCUT2D eigenvalue weighted by atomic mass is 32.1. The largest absolute Gasteiger partial charge is 0.310 e. The molecule has 0 spiro atoms. The van der Waals surface area contributed by atoms with Crippen LogP contribution in [0.15, 0.2) is 134 Å². The molecule has 5 heteroatoms. The van der Waals surface area contributed by atoms with Crippen molar-refractivity contribution in [2.24, 2.45) is 0 Å². The summed E-state index contributed by atoms with van der Waals surface area (Å²) >= 11 is 5.51. The third-order valence-electron chi connectivity index (χ3n) is 8.72. The van der Waals surface area contributed by atoms with Gasteiger partial charge in [-0.05, 0) is 59.3 Å². The highest BCUT2D eigenvalue weighted by Crippen LogP contribution is 2.48. The van der Waals surface area contributed by atoms with Crippen molar-refractivity contribution in [3.8, 4) is 0 Å². The Kier molecular flexibility index (Phi) is 5.23. The second-order valence-corrected chi connectivity index (χ2v) is 14.3. The number of hydrogen-bond acceptors (Lipinski definition) is 5. The molecule has 0 atom stereocenters. The smallest absolute Gasteiger partial charge is 0.126 e. The predicted molar refractivity (Wildman–Crippen MR) is 195 cm³/mol. The topological polar surface area (TPSA) is 16.1 Å². The van der Waals surface area contributed by atoms with E-state index in [-0.39, 0.29) is 0 Å². The van der Waals surface area contributed by atoms with E-state index >= 15 is 0 Å². The van der Waals surface area contributed by atoms with Crippen molar-refractivity contribution in [1.82, 2.24) is 4.98 Å². The van der Waals surface area contributed by atoms with Gasteiger partial charge >= 0.3 is 0 Å². The zero-order valence-corrected chi connectivity index (χ0v) is 25.8. The van der Waals surface area contributed by atoms with E-state index < -0.39 is 0 Å². The Morgan fingerprint density at radius 2 is 1.09 bits per heavy atom. The van der Waals surface area contributed by atoms with Gasteiger partial charge in [-0.1, -0.05) is 78.9 Å². The fraction of sp³-hybridized carbons (Fsp3) is 0. The van der Waals surface area contributed by atoms with Crippen molar-refractivity contribution < 1.29 is 0 Å². The Balaban J connectivity index is 1.29. The first-order valence-corrected chi connectivity index (χ1v) is 17.1. The van der Waals surface area contributed by atoms with E-state index in [9.17, 15) is 0 Å². The Labute approximate surface area is 264 Å². The van der Waals surface area contributed by atoms with Crippen molar-refractivity contribution in [2.45, 2.75) is 0 Å². The van der Waals surface area contributed by atoms with Crippen LogP contribution in [0.3, 0.4) is 0 Å². The summed E-state index contributed by atoms with van der Waals surface area (Å²) in [5.74, 6) is 0. The Hall–Kier alpha value is -4.81. The van der Waals surface area contributed by atoms with Crippen LogP contribution in [0.5, 0.6) is 0 Å². The van der Waals surface area contributed by atoms with Crippen LogP contribution >= 0.6 is 34.0 Å². The third kappa shape index (κ3) is 3.55. The summed E-state index contributed by atoms with van der Waals surface area (Å²) in [6.45, 7) is 0. The highest BCUT2D eigenvalue weighted by molar-refractivity contribution is 7.27. The molecule has 0 aliphatic rings. The van der Waals surface area contributed by atoms with Crippen molar-refractivity contribution >= 4 is 122 Å². The normalized spacial score (nSPS) is 12.1. The predicted octanol–water partition coefficient (Wildman–Crippen LogP) is 12.8. The van der Waals surface area contributed by atoms with Crippen LogP contribution in [0.1, 0.15) is 0 Å². The first-order valence-electron chi connectivity index (χ1n) is 14.6. The quantitative estimate of drug-likeness (QED) is 0.197. The zero-order chi connectivity index (χ0) is 28.8. The SMILES string of the molecule is c1ccc2c(c1)ccc1c2sc2nccc(N(c3ccc4c(c3)sc3ccccc34)c3ccc4sc5ccccc5c4c3)c21. The van der Waals surface area contributed by atoms with Crippen molar-refractivity contribution in [2.75, 3.05) is 4.90 Å². The summed E-state index contributed by atoms with van der Waals surface area (Å²) in [5.41, 5.74) is 3.45. The van der Waals surface area contributed by atoms with Gasteiger partial charge in [-0.2, -0.15) is 0 Å². The van der Waals surface area contributed by atoms with E-state index in [0.29, 0.717) is 0 Å². The van der Waals surface area contributed by atoms with Crippen molar-refractivity contribution in [3.63, 3.8) is 0 Å². The zero-order valence-electron chi connectivity index (χ0n) is 23.3. The molecule has 0 N–H and O–H groups in total. The Bertz CT molecular complexity index is 2750.